The van der Waals surface area contributed by atoms with E-state index in [0.29, 0.717) is 5.78 Å². The first-order chi connectivity index (χ1) is 14.7. The van der Waals surface area contributed by atoms with E-state index in [2.05, 4.69) is 60.9 Å². The van der Waals surface area contributed by atoms with Gasteiger partial charge in [-0.3, -0.25) is 4.79 Å². The fraction of sp³-hybridized carbons (Fsp3) is 0.593. The van der Waals surface area contributed by atoms with Gasteiger partial charge in [0, 0.05) is 36.3 Å². The maximum atomic E-state index is 13.6. The lowest BCUT2D eigenvalue weighted by Gasteiger charge is -2.30. The van der Waals surface area contributed by atoms with Crippen molar-refractivity contribution >= 4 is 22.2 Å². The van der Waals surface area contributed by atoms with Crippen molar-refractivity contribution < 1.29 is 4.79 Å². The first kappa shape index (κ1) is 21.4. The summed E-state index contributed by atoms with van der Waals surface area (Å²) in [5, 5.41) is 2.53. The Morgan fingerprint density at radius 1 is 0.900 bits per heavy atom. The number of rotatable bonds is 8. The molecule has 0 atom stereocenters. The van der Waals surface area contributed by atoms with Crippen molar-refractivity contribution in [3.8, 4) is 0 Å². The van der Waals surface area contributed by atoms with Crippen molar-refractivity contribution in [1.29, 1.82) is 0 Å². The molecule has 1 saturated heterocycles. The largest absolute Gasteiger partial charge is 0.370 e. The summed E-state index contributed by atoms with van der Waals surface area (Å²) in [6.45, 7) is 12.4. The zero-order chi connectivity index (χ0) is 21.1. The molecule has 4 rings (SSSR count). The molecule has 0 unspecified atom stereocenters. The topological polar surface area (TPSA) is 23.6 Å². The van der Waals surface area contributed by atoms with E-state index < -0.39 is 0 Å². The monoisotopic (exact) mass is 406 g/mol. The van der Waals surface area contributed by atoms with Crippen LogP contribution in [0.15, 0.2) is 30.3 Å². The highest BCUT2D eigenvalue weighted by molar-refractivity contribution is 6.22. The van der Waals surface area contributed by atoms with Crippen LogP contribution in [-0.2, 0) is 5.41 Å². The Morgan fingerprint density at radius 2 is 1.70 bits per heavy atom. The lowest BCUT2D eigenvalue weighted by Crippen LogP contribution is -2.32. The van der Waals surface area contributed by atoms with Crippen LogP contribution in [-0.4, -0.2) is 43.4 Å². The molecule has 0 spiro atoms. The maximum absolute atomic E-state index is 13.6. The molecule has 3 heteroatoms. The summed E-state index contributed by atoms with van der Waals surface area (Å²) in [5.41, 5.74) is 3.28. The van der Waals surface area contributed by atoms with E-state index in [0.717, 1.165) is 50.9 Å². The highest BCUT2D eigenvalue weighted by atomic mass is 16.1. The Balaban J connectivity index is 1.72. The van der Waals surface area contributed by atoms with Gasteiger partial charge in [-0.15, -0.1) is 0 Å². The molecule has 0 bridgehead atoms. The van der Waals surface area contributed by atoms with Gasteiger partial charge in [-0.2, -0.15) is 0 Å². The number of carbonyl (C=O) groups is 1. The second kappa shape index (κ2) is 9.09. The predicted molar refractivity (Wildman–Crippen MR) is 128 cm³/mol. The van der Waals surface area contributed by atoms with Crippen LogP contribution in [0.5, 0.6) is 0 Å². The summed E-state index contributed by atoms with van der Waals surface area (Å²) in [7, 11) is 0. The van der Waals surface area contributed by atoms with Gasteiger partial charge in [-0.05, 0) is 55.8 Å². The number of anilines is 1. The minimum Gasteiger partial charge on any atom is -0.370 e. The van der Waals surface area contributed by atoms with Crippen molar-refractivity contribution in [2.24, 2.45) is 0 Å². The molecule has 0 amide bonds. The molecule has 2 aromatic carbocycles. The summed E-state index contributed by atoms with van der Waals surface area (Å²) in [6.07, 6.45) is 7.77. The van der Waals surface area contributed by atoms with E-state index in [-0.39, 0.29) is 5.41 Å². The fourth-order valence-corrected chi connectivity index (χ4v) is 5.93. The van der Waals surface area contributed by atoms with E-state index >= 15 is 0 Å². The number of ketones is 1. The second-order valence-corrected chi connectivity index (χ2v) is 9.31. The average Bonchev–Trinajstić information content (AvgIpc) is 2.91. The highest BCUT2D eigenvalue weighted by Crippen LogP contribution is 2.49. The van der Waals surface area contributed by atoms with Gasteiger partial charge in [0.15, 0.2) is 5.78 Å². The number of hydrogen-bond donors (Lipinski definition) is 0. The van der Waals surface area contributed by atoms with E-state index in [1.807, 2.05) is 0 Å². The van der Waals surface area contributed by atoms with Crippen LogP contribution in [0.2, 0.25) is 0 Å². The molecular weight excluding hydrogens is 368 g/mol. The summed E-state index contributed by atoms with van der Waals surface area (Å²) >= 11 is 0. The quantitative estimate of drug-likeness (QED) is 0.522. The number of unbranched alkanes of at least 4 members (excludes halogenated alkanes) is 1. The smallest absolute Gasteiger partial charge is 0.174 e. The SMILES string of the molecule is CCCCN1CCCN(c2ccc3c4c(cccc24)C(=O)C3(CCC)CCC)CC1. The molecule has 2 aliphatic rings. The standard InChI is InChI=1S/C27H38N2O/c1-4-7-16-28-17-9-18-29(20-19-28)24-13-12-23-25-21(24)10-8-11-22(25)26(30)27(23,14-5-2)15-6-3/h8,10-13H,4-7,9,14-20H2,1-3H3. The van der Waals surface area contributed by atoms with Gasteiger partial charge in [-0.1, -0.05) is 64.3 Å². The third-order valence-electron chi connectivity index (χ3n) is 7.32. The molecule has 162 valence electrons. The number of carbonyl (C=O) groups excluding carboxylic acids is 1. The molecule has 1 heterocycles. The number of benzene rings is 2. The van der Waals surface area contributed by atoms with Gasteiger partial charge in [0.05, 0.1) is 5.41 Å². The first-order valence-corrected chi connectivity index (χ1v) is 12.2. The van der Waals surface area contributed by atoms with Crippen LogP contribution >= 0.6 is 0 Å². The van der Waals surface area contributed by atoms with Crippen LogP contribution in [0.3, 0.4) is 0 Å². The Kier molecular flexibility index (Phi) is 6.48. The Hall–Kier alpha value is -1.87. The molecule has 2 aromatic rings. The van der Waals surface area contributed by atoms with Gasteiger partial charge in [-0.25, -0.2) is 0 Å². The molecule has 1 aliphatic heterocycles. The third-order valence-corrected chi connectivity index (χ3v) is 7.32. The third kappa shape index (κ3) is 3.56. The van der Waals surface area contributed by atoms with Gasteiger partial charge in [0.2, 0.25) is 0 Å². The van der Waals surface area contributed by atoms with Crippen LogP contribution < -0.4 is 4.90 Å². The molecule has 1 fully saturated rings. The van der Waals surface area contributed by atoms with Gasteiger partial charge < -0.3 is 9.80 Å². The first-order valence-electron chi connectivity index (χ1n) is 12.2. The van der Waals surface area contributed by atoms with E-state index in [1.54, 1.807) is 0 Å². The number of nitrogens with zero attached hydrogens (tertiary/aromatic N) is 2. The van der Waals surface area contributed by atoms with E-state index in [1.165, 1.54) is 54.4 Å². The number of Topliss-reactive ketones (excluding diaryl/α,β-unsaturated/α-hetero) is 1. The Labute approximate surface area is 182 Å². The summed E-state index contributed by atoms with van der Waals surface area (Å²) in [5.74, 6) is 0.366. The molecule has 0 N–H and O–H groups in total. The molecule has 30 heavy (non-hydrogen) atoms. The molecule has 0 aromatic heterocycles. The summed E-state index contributed by atoms with van der Waals surface area (Å²) < 4.78 is 0. The number of hydrogen-bond acceptors (Lipinski definition) is 3. The summed E-state index contributed by atoms with van der Waals surface area (Å²) in [6, 6.07) is 11.0. The predicted octanol–water partition coefficient (Wildman–Crippen LogP) is 6.19. The highest BCUT2D eigenvalue weighted by Gasteiger charge is 2.46. The zero-order valence-electron chi connectivity index (χ0n) is 19.2. The molecule has 0 radical (unpaired) electrons. The van der Waals surface area contributed by atoms with Crippen LogP contribution in [0.25, 0.3) is 10.8 Å². The van der Waals surface area contributed by atoms with Crippen molar-refractivity contribution in [2.75, 3.05) is 37.6 Å². The fourth-order valence-electron chi connectivity index (χ4n) is 5.93. The van der Waals surface area contributed by atoms with Crippen molar-refractivity contribution in [3.63, 3.8) is 0 Å². The lowest BCUT2D eigenvalue weighted by molar-refractivity contribution is 0.0874. The van der Waals surface area contributed by atoms with Crippen molar-refractivity contribution in [1.82, 2.24) is 4.90 Å². The zero-order valence-corrected chi connectivity index (χ0v) is 19.2. The van der Waals surface area contributed by atoms with Crippen LogP contribution in [0.4, 0.5) is 5.69 Å². The average molecular weight is 407 g/mol. The van der Waals surface area contributed by atoms with Gasteiger partial charge in [0.1, 0.15) is 0 Å². The van der Waals surface area contributed by atoms with E-state index in [4.69, 9.17) is 0 Å². The normalized spacial score (nSPS) is 18.9. The van der Waals surface area contributed by atoms with Gasteiger partial charge in [0.25, 0.3) is 0 Å². The van der Waals surface area contributed by atoms with Crippen LogP contribution in [0, 0.1) is 0 Å². The summed E-state index contributed by atoms with van der Waals surface area (Å²) in [4.78, 5) is 18.8. The minimum atomic E-state index is -0.306. The Bertz CT molecular complexity index is 897. The van der Waals surface area contributed by atoms with Gasteiger partial charge >= 0.3 is 0 Å². The second-order valence-electron chi connectivity index (χ2n) is 9.31. The van der Waals surface area contributed by atoms with Crippen LogP contribution in [0.1, 0.15) is 81.6 Å². The van der Waals surface area contributed by atoms with Crippen molar-refractivity contribution in [3.05, 3.63) is 41.5 Å². The molecule has 1 aliphatic carbocycles. The maximum Gasteiger partial charge on any atom is 0.174 e. The Morgan fingerprint density at radius 3 is 2.43 bits per heavy atom. The molecule has 3 nitrogen and oxygen atoms in total. The lowest BCUT2D eigenvalue weighted by atomic mass is 9.73. The molecular formula is C27H38N2O. The van der Waals surface area contributed by atoms with Crippen molar-refractivity contribution in [2.45, 2.75) is 71.1 Å². The van der Waals surface area contributed by atoms with E-state index in [9.17, 15) is 4.79 Å². The molecule has 0 saturated carbocycles. The minimum absolute atomic E-state index is 0.306.